The predicted octanol–water partition coefficient (Wildman–Crippen LogP) is 4.17. The van der Waals surface area contributed by atoms with Gasteiger partial charge in [-0.1, -0.05) is 35.9 Å². The Bertz CT molecular complexity index is 556. The van der Waals surface area contributed by atoms with Crippen LogP contribution in [0.5, 0.6) is 5.75 Å². The van der Waals surface area contributed by atoms with E-state index < -0.39 is 0 Å². The highest BCUT2D eigenvalue weighted by molar-refractivity contribution is 6.30. The van der Waals surface area contributed by atoms with Gasteiger partial charge in [0, 0.05) is 5.02 Å². The molecular weight excluding hydrogens is 260 g/mol. The van der Waals surface area contributed by atoms with Gasteiger partial charge in [0.15, 0.2) is 0 Å². The Morgan fingerprint density at radius 1 is 1.05 bits per heavy atom. The maximum absolute atomic E-state index is 5.88. The third-order valence-electron chi connectivity index (χ3n) is 3.21. The summed E-state index contributed by atoms with van der Waals surface area (Å²) in [6.07, 6.45) is 0. The van der Waals surface area contributed by atoms with E-state index in [1.54, 1.807) is 0 Å². The fraction of sp³-hybridized carbons (Fsp3) is 0.250. The smallest absolute Gasteiger partial charge is 0.123 e. The van der Waals surface area contributed by atoms with Crippen molar-refractivity contribution < 1.29 is 9.47 Å². The summed E-state index contributed by atoms with van der Waals surface area (Å²) < 4.78 is 11.0. The molecule has 0 amide bonds. The van der Waals surface area contributed by atoms with Crippen molar-refractivity contribution in [3.63, 3.8) is 0 Å². The minimum atomic E-state index is -0.0746. The molecule has 0 aliphatic carbocycles. The summed E-state index contributed by atoms with van der Waals surface area (Å²) in [7, 11) is 0. The van der Waals surface area contributed by atoms with E-state index in [-0.39, 0.29) is 5.60 Å². The molecule has 2 aromatic rings. The minimum absolute atomic E-state index is 0.0746. The lowest BCUT2D eigenvalue weighted by molar-refractivity contribution is 0.202. The van der Waals surface area contributed by atoms with Gasteiger partial charge < -0.3 is 9.47 Å². The maximum Gasteiger partial charge on any atom is 0.123 e. The van der Waals surface area contributed by atoms with Crippen molar-refractivity contribution in [2.45, 2.75) is 12.5 Å². The Morgan fingerprint density at radius 2 is 1.58 bits per heavy atom. The summed E-state index contributed by atoms with van der Waals surface area (Å²) in [6, 6.07) is 15.9. The second-order valence-corrected chi connectivity index (χ2v) is 5.49. The third kappa shape index (κ3) is 3.09. The molecule has 1 aliphatic heterocycles. The first-order chi connectivity index (χ1) is 9.15. The second-order valence-electron chi connectivity index (χ2n) is 5.06. The highest BCUT2D eigenvalue weighted by Crippen LogP contribution is 2.28. The average molecular weight is 275 g/mol. The topological polar surface area (TPSA) is 21.8 Å². The van der Waals surface area contributed by atoms with Crippen LogP contribution in [0.4, 0.5) is 0 Å². The van der Waals surface area contributed by atoms with Crippen LogP contribution in [0.25, 0.3) is 11.1 Å². The van der Waals surface area contributed by atoms with Crippen LogP contribution in [0.15, 0.2) is 48.5 Å². The van der Waals surface area contributed by atoms with Gasteiger partial charge in [-0.05, 0) is 42.3 Å². The Morgan fingerprint density at radius 3 is 2.11 bits per heavy atom. The summed E-state index contributed by atoms with van der Waals surface area (Å²) in [4.78, 5) is 0. The van der Waals surface area contributed by atoms with Crippen LogP contribution in [0.2, 0.25) is 5.02 Å². The molecule has 98 valence electrons. The number of benzene rings is 2. The van der Waals surface area contributed by atoms with E-state index in [4.69, 9.17) is 21.1 Å². The molecule has 0 bridgehead atoms. The number of rotatable bonds is 4. The SMILES string of the molecule is CC1(COc2ccc(-c3ccc(Cl)cc3)cc2)CO1. The zero-order chi connectivity index (χ0) is 13.3. The molecule has 1 saturated heterocycles. The van der Waals surface area contributed by atoms with Gasteiger partial charge in [0.05, 0.1) is 6.61 Å². The van der Waals surface area contributed by atoms with Crippen LogP contribution in [0.3, 0.4) is 0 Å². The summed E-state index contributed by atoms with van der Waals surface area (Å²) in [5.41, 5.74) is 2.22. The Kier molecular flexibility index (Phi) is 3.21. The summed E-state index contributed by atoms with van der Waals surface area (Å²) in [6.45, 7) is 3.44. The van der Waals surface area contributed by atoms with Gasteiger partial charge in [-0.25, -0.2) is 0 Å². The molecular formula is C16H15ClO2. The van der Waals surface area contributed by atoms with E-state index >= 15 is 0 Å². The molecule has 0 N–H and O–H groups in total. The standard InChI is InChI=1S/C16H15ClO2/c1-16(11-19-16)10-18-15-8-4-13(5-9-15)12-2-6-14(17)7-3-12/h2-9H,10-11H2,1H3. The van der Waals surface area contributed by atoms with Crippen LogP contribution >= 0.6 is 11.6 Å². The highest BCUT2D eigenvalue weighted by Gasteiger charge is 2.40. The van der Waals surface area contributed by atoms with Crippen LogP contribution in [0.1, 0.15) is 6.92 Å². The normalized spacial score (nSPS) is 21.2. The molecule has 0 aromatic heterocycles. The first-order valence-electron chi connectivity index (χ1n) is 6.27. The van der Waals surface area contributed by atoms with E-state index in [9.17, 15) is 0 Å². The van der Waals surface area contributed by atoms with Crippen LogP contribution < -0.4 is 4.74 Å². The first kappa shape index (κ1) is 12.5. The van der Waals surface area contributed by atoms with Crippen LogP contribution in [0, 0.1) is 0 Å². The molecule has 1 fully saturated rings. The van der Waals surface area contributed by atoms with E-state index in [0.717, 1.165) is 28.5 Å². The lowest BCUT2D eigenvalue weighted by Crippen LogP contribution is -2.16. The van der Waals surface area contributed by atoms with Crippen LogP contribution in [-0.4, -0.2) is 18.8 Å². The largest absolute Gasteiger partial charge is 0.491 e. The monoisotopic (exact) mass is 274 g/mol. The minimum Gasteiger partial charge on any atom is -0.491 e. The van der Waals surface area contributed by atoms with Crippen molar-refractivity contribution in [2.24, 2.45) is 0 Å². The first-order valence-corrected chi connectivity index (χ1v) is 6.65. The number of epoxide rings is 1. The van der Waals surface area contributed by atoms with Crippen molar-refractivity contribution in [1.82, 2.24) is 0 Å². The molecule has 3 heteroatoms. The molecule has 19 heavy (non-hydrogen) atoms. The molecule has 0 spiro atoms. The molecule has 0 radical (unpaired) electrons. The number of hydrogen-bond acceptors (Lipinski definition) is 2. The molecule has 1 aliphatic rings. The zero-order valence-electron chi connectivity index (χ0n) is 10.7. The summed E-state index contributed by atoms with van der Waals surface area (Å²) >= 11 is 5.88. The van der Waals surface area contributed by atoms with Crippen molar-refractivity contribution in [3.8, 4) is 16.9 Å². The summed E-state index contributed by atoms with van der Waals surface area (Å²) in [5, 5.41) is 0.751. The van der Waals surface area contributed by atoms with Gasteiger partial charge in [-0.15, -0.1) is 0 Å². The molecule has 2 aromatic carbocycles. The molecule has 0 saturated carbocycles. The van der Waals surface area contributed by atoms with E-state index in [0.29, 0.717) is 6.61 Å². The van der Waals surface area contributed by atoms with E-state index in [2.05, 4.69) is 19.1 Å². The van der Waals surface area contributed by atoms with Crippen molar-refractivity contribution in [3.05, 3.63) is 53.6 Å². The molecule has 1 heterocycles. The lowest BCUT2D eigenvalue weighted by Gasteiger charge is -2.09. The summed E-state index contributed by atoms with van der Waals surface area (Å²) in [5.74, 6) is 0.870. The quantitative estimate of drug-likeness (QED) is 0.781. The number of ether oxygens (including phenoxy) is 2. The van der Waals surface area contributed by atoms with Gasteiger partial charge in [0.2, 0.25) is 0 Å². The third-order valence-corrected chi connectivity index (χ3v) is 3.47. The Hall–Kier alpha value is -1.51. The number of hydrogen-bond donors (Lipinski definition) is 0. The fourth-order valence-corrected chi connectivity index (χ4v) is 1.95. The fourth-order valence-electron chi connectivity index (χ4n) is 1.83. The number of halogens is 1. The van der Waals surface area contributed by atoms with Crippen molar-refractivity contribution >= 4 is 11.6 Å². The van der Waals surface area contributed by atoms with E-state index in [1.807, 2.05) is 36.4 Å². The van der Waals surface area contributed by atoms with Crippen LogP contribution in [-0.2, 0) is 4.74 Å². The Balaban J connectivity index is 1.69. The van der Waals surface area contributed by atoms with Gasteiger partial charge >= 0.3 is 0 Å². The average Bonchev–Trinajstić information content (AvgIpc) is 3.17. The molecule has 2 nitrogen and oxygen atoms in total. The Labute approximate surface area is 117 Å². The van der Waals surface area contributed by atoms with Gasteiger partial charge in [-0.3, -0.25) is 0 Å². The highest BCUT2D eigenvalue weighted by atomic mass is 35.5. The van der Waals surface area contributed by atoms with E-state index in [1.165, 1.54) is 0 Å². The molecule has 1 atom stereocenters. The van der Waals surface area contributed by atoms with Gasteiger partial charge in [-0.2, -0.15) is 0 Å². The van der Waals surface area contributed by atoms with Crippen molar-refractivity contribution in [1.29, 1.82) is 0 Å². The zero-order valence-corrected chi connectivity index (χ0v) is 11.5. The van der Waals surface area contributed by atoms with Crippen molar-refractivity contribution in [2.75, 3.05) is 13.2 Å². The molecule has 1 unspecified atom stereocenters. The predicted molar refractivity (Wildman–Crippen MR) is 76.7 cm³/mol. The van der Waals surface area contributed by atoms with Gasteiger partial charge in [0.1, 0.15) is 18.0 Å². The maximum atomic E-state index is 5.88. The molecule has 3 rings (SSSR count). The van der Waals surface area contributed by atoms with Gasteiger partial charge in [0.25, 0.3) is 0 Å². The lowest BCUT2D eigenvalue weighted by atomic mass is 10.1. The second kappa shape index (κ2) is 4.87.